The van der Waals surface area contributed by atoms with Crippen LogP contribution in [0.1, 0.15) is 26.5 Å². The fraction of sp³-hybridized carbons (Fsp3) is 0.353. The molecule has 0 spiro atoms. The van der Waals surface area contributed by atoms with Crippen LogP contribution in [0.25, 0.3) is 5.69 Å². The van der Waals surface area contributed by atoms with E-state index in [1.54, 1.807) is 13.8 Å². The molecule has 28 heavy (non-hydrogen) atoms. The first kappa shape index (κ1) is 22.2. The molecule has 0 aliphatic heterocycles. The molecule has 0 saturated carbocycles. The number of hydrogen-bond acceptors (Lipinski definition) is 4. The van der Waals surface area contributed by atoms with Gasteiger partial charge in [0, 0.05) is 18.0 Å². The smallest absolute Gasteiger partial charge is 0.298 e. The molecule has 0 unspecified atom stereocenters. The fourth-order valence-corrected chi connectivity index (χ4v) is 3.52. The number of benzene rings is 1. The van der Waals surface area contributed by atoms with E-state index in [9.17, 15) is 31.9 Å². The minimum atomic E-state index is -4.93. The Balaban J connectivity index is 2.75. The van der Waals surface area contributed by atoms with Gasteiger partial charge in [0.25, 0.3) is 5.56 Å². The number of alkyl halides is 3. The molecule has 5 nitrogen and oxygen atoms in total. The summed E-state index contributed by atoms with van der Waals surface area (Å²) in [6.07, 6.45) is -4.93. The zero-order valence-electron chi connectivity index (χ0n) is 15.1. The number of thioether (sulfide) groups is 1. The second kappa shape index (κ2) is 7.40. The molecule has 0 N–H and O–H groups in total. The van der Waals surface area contributed by atoms with Crippen molar-refractivity contribution in [1.29, 1.82) is 0 Å². The first-order chi connectivity index (χ1) is 12.7. The molecule has 0 saturated heterocycles. The van der Waals surface area contributed by atoms with Crippen molar-refractivity contribution in [3.8, 4) is 5.69 Å². The van der Waals surface area contributed by atoms with Crippen LogP contribution in [0.3, 0.4) is 0 Å². The highest BCUT2D eigenvalue weighted by Gasteiger charge is 2.35. The summed E-state index contributed by atoms with van der Waals surface area (Å²) in [6.45, 7) is 4.55. The predicted molar refractivity (Wildman–Crippen MR) is 97.9 cm³/mol. The maximum Gasteiger partial charge on any atom is 0.431 e. The number of ketones is 1. The average Bonchev–Trinajstić information content (AvgIpc) is 2.53. The van der Waals surface area contributed by atoms with Gasteiger partial charge in [0.1, 0.15) is 17.3 Å². The van der Waals surface area contributed by atoms with E-state index >= 15 is 0 Å². The van der Waals surface area contributed by atoms with Crippen molar-refractivity contribution in [2.24, 2.45) is 7.05 Å². The number of aromatic nitrogens is 2. The molecule has 0 radical (unpaired) electrons. The van der Waals surface area contributed by atoms with E-state index in [4.69, 9.17) is 11.6 Å². The molecule has 1 aromatic carbocycles. The molecule has 0 aliphatic carbocycles. The van der Waals surface area contributed by atoms with Crippen LogP contribution in [0.15, 0.2) is 32.7 Å². The van der Waals surface area contributed by atoms with Gasteiger partial charge in [0.15, 0.2) is 0 Å². The Morgan fingerprint density at radius 1 is 1.14 bits per heavy atom. The molecule has 152 valence electrons. The molecule has 2 rings (SSSR count). The average molecular weight is 439 g/mol. The summed E-state index contributed by atoms with van der Waals surface area (Å²) in [5.74, 6) is -1.28. The monoisotopic (exact) mass is 438 g/mol. The van der Waals surface area contributed by atoms with E-state index in [2.05, 4.69) is 0 Å². The topological polar surface area (TPSA) is 61.1 Å². The maximum absolute atomic E-state index is 14.4. The number of rotatable bonds is 4. The lowest BCUT2D eigenvalue weighted by atomic mass is 10.1. The number of halogens is 5. The quantitative estimate of drug-likeness (QED) is 0.538. The summed E-state index contributed by atoms with van der Waals surface area (Å²) in [6, 6.07) is 2.10. The number of hydrogen-bond donors (Lipinski definition) is 0. The van der Waals surface area contributed by atoms with E-state index in [0.29, 0.717) is 0 Å². The van der Waals surface area contributed by atoms with Gasteiger partial charge in [-0.05, 0) is 32.9 Å². The standard InChI is InChI=1S/C17H15ClF4N2O3S/c1-8(25)16(2,3)28-12-6-11(10(19)5-9(12)18)24-14(26)7-13(17(20,21)22)23(4)15(24)27/h5-7H,1-4H3. The second-order valence-electron chi connectivity index (χ2n) is 6.45. The highest BCUT2D eigenvalue weighted by molar-refractivity contribution is 8.01. The van der Waals surface area contributed by atoms with Gasteiger partial charge < -0.3 is 0 Å². The van der Waals surface area contributed by atoms with Crippen molar-refractivity contribution in [2.45, 2.75) is 36.6 Å². The SMILES string of the molecule is CC(=O)C(C)(C)Sc1cc(-n2c(=O)cc(C(F)(F)F)n(C)c2=O)c(F)cc1Cl. The molecule has 0 amide bonds. The van der Waals surface area contributed by atoms with Crippen LogP contribution >= 0.6 is 23.4 Å². The Bertz CT molecular complexity index is 1070. The van der Waals surface area contributed by atoms with Crippen molar-refractivity contribution < 1.29 is 22.4 Å². The van der Waals surface area contributed by atoms with Crippen molar-refractivity contribution in [3.63, 3.8) is 0 Å². The zero-order valence-corrected chi connectivity index (χ0v) is 16.7. The summed E-state index contributed by atoms with van der Waals surface area (Å²) in [5, 5.41) is -0.0719. The molecule has 0 atom stereocenters. The number of Topliss-reactive ketones (excluding diaryl/α,β-unsaturated/α-hetero) is 1. The van der Waals surface area contributed by atoms with Gasteiger partial charge in [-0.2, -0.15) is 13.2 Å². The van der Waals surface area contributed by atoms with E-state index in [-0.39, 0.29) is 30.9 Å². The summed E-state index contributed by atoms with van der Waals surface area (Å²) in [5.41, 5.74) is -4.74. The zero-order chi connectivity index (χ0) is 21.6. The maximum atomic E-state index is 14.4. The van der Waals surface area contributed by atoms with Crippen molar-refractivity contribution in [1.82, 2.24) is 9.13 Å². The van der Waals surface area contributed by atoms with Gasteiger partial charge in [-0.25, -0.2) is 13.8 Å². The lowest BCUT2D eigenvalue weighted by Crippen LogP contribution is -2.41. The number of carbonyl (C=O) groups excluding carboxylic acids is 1. The van der Waals surface area contributed by atoms with Crippen LogP contribution < -0.4 is 11.2 Å². The van der Waals surface area contributed by atoms with Crippen molar-refractivity contribution in [3.05, 3.63) is 55.6 Å². The van der Waals surface area contributed by atoms with Crippen molar-refractivity contribution in [2.75, 3.05) is 0 Å². The summed E-state index contributed by atoms with van der Waals surface area (Å²) in [4.78, 5) is 36.5. The van der Waals surface area contributed by atoms with Crippen LogP contribution in [0.2, 0.25) is 5.02 Å². The molecule has 0 fully saturated rings. The molecule has 0 aliphatic rings. The van der Waals surface area contributed by atoms with Crippen LogP contribution in [0, 0.1) is 5.82 Å². The fourth-order valence-electron chi connectivity index (χ4n) is 2.23. The van der Waals surface area contributed by atoms with Crippen LogP contribution in [0.4, 0.5) is 17.6 Å². The first-order valence-corrected chi connectivity index (χ1v) is 8.96. The Kier molecular flexibility index (Phi) is 5.87. The molecule has 1 aromatic heterocycles. The molecular formula is C17H15ClF4N2O3S. The summed E-state index contributed by atoms with van der Waals surface area (Å²) in [7, 11) is 0.823. The number of carbonyl (C=O) groups is 1. The second-order valence-corrected chi connectivity index (χ2v) is 8.52. The van der Waals surface area contributed by atoms with E-state index < -0.39 is 39.4 Å². The summed E-state index contributed by atoms with van der Waals surface area (Å²) >= 11 is 6.97. The van der Waals surface area contributed by atoms with Gasteiger partial charge in [-0.1, -0.05) is 11.6 Å². The molecule has 0 bridgehead atoms. The normalized spacial score (nSPS) is 12.3. The minimum Gasteiger partial charge on any atom is -0.298 e. The van der Waals surface area contributed by atoms with Gasteiger partial charge in [-0.15, -0.1) is 11.8 Å². The van der Waals surface area contributed by atoms with Crippen LogP contribution in [0.5, 0.6) is 0 Å². The van der Waals surface area contributed by atoms with Crippen LogP contribution in [-0.2, 0) is 18.0 Å². The number of nitrogens with zero attached hydrogens (tertiary/aromatic N) is 2. The molecule has 1 heterocycles. The Morgan fingerprint density at radius 2 is 1.71 bits per heavy atom. The van der Waals surface area contributed by atoms with E-state index in [0.717, 1.165) is 30.9 Å². The first-order valence-electron chi connectivity index (χ1n) is 7.76. The predicted octanol–water partition coefficient (Wildman–Crippen LogP) is 3.81. The van der Waals surface area contributed by atoms with Crippen molar-refractivity contribution >= 4 is 29.1 Å². The lowest BCUT2D eigenvalue weighted by molar-refractivity contribution is -0.144. The highest BCUT2D eigenvalue weighted by Crippen LogP contribution is 2.39. The van der Waals surface area contributed by atoms with Gasteiger partial charge >= 0.3 is 11.9 Å². The van der Waals surface area contributed by atoms with E-state index in [1.807, 2.05) is 0 Å². The summed E-state index contributed by atoms with van der Waals surface area (Å²) < 4.78 is 52.9. The Hall–Kier alpha value is -2.07. The third-order valence-corrected chi connectivity index (χ3v) is 5.85. The largest absolute Gasteiger partial charge is 0.431 e. The van der Waals surface area contributed by atoms with E-state index in [1.165, 1.54) is 6.92 Å². The lowest BCUT2D eigenvalue weighted by Gasteiger charge is -2.22. The third-order valence-electron chi connectivity index (χ3n) is 4.07. The van der Waals surface area contributed by atoms with Gasteiger partial charge in [0.05, 0.1) is 15.5 Å². The Morgan fingerprint density at radius 3 is 2.21 bits per heavy atom. The van der Waals surface area contributed by atoms with Crippen LogP contribution in [-0.4, -0.2) is 19.7 Å². The third kappa shape index (κ3) is 4.17. The molecule has 11 heteroatoms. The molecular weight excluding hydrogens is 424 g/mol. The Labute approximate surface area is 165 Å². The molecule has 2 aromatic rings. The minimum absolute atomic E-state index is 0.0719. The highest BCUT2D eigenvalue weighted by atomic mass is 35.5. The van der Waals surface area contributed by atoms with Gasteiger partial charge in [0.2, 0.25) is 0 Å². The van der Waals surface area contributed by atoms with Gasteiger partial charge in [-0.3, -0.25) is 14.2 Å².